The van der Waals surface area contributed by atoms with Crippen molar-refractivity contribution in [2.75, 3.05) is 0 Å². The molecule has 4 heteroatoms. The lowest BCUT2D eigenvalue weighted by atomic mass is 9.50. The standard InChI is InChI=1S/C22H28O4/c1-4-22(26-13(2)23)10-8-19-17-12-20(25)18-11-14(24)5-6-15(18)16(17)7-9-21(19,22)3/h1,11,15-17,19-20,25H,5-10,12H2,2-3H3/t15-,16-,17-,19-,20-,21+,22+/m1/s1. The lowest BCUT2D eigenvalue weighted by Gasteiger charge is -2.56. The van der Waals surface area contributed by atoms with Gasteiger partial charge in [-0.3, -0.25) is 9.59 Å². The Morgan fingerprint density at radius 3 is 2.77 bits per heavy atom. The molecule has 0 aliphatic heterocycles. The van der Waals surface area contributed by atoms with Crippen molar-refractivity contribution in [3.8, 4) is 12.3 Å². The first kappa shape index (κ1) is 17.8. The highest BCUT2D eigenvalue weighted by Crippen LogP contribution is 2.65. The van der Waals surface area contributed by atoms with Crippen LogP contribution in [0.3, 0.4) is 0 Å². The molecule has 0 spiro atoms. The van der Waals surface area contributed by atoms with Crippen molar-refractivity contribution in [1.82, 2.24) is 0 Å². The molecule has 0 saturated heterocycles. The van der Waals surface area contributed by atoms with Crippen LogP contribution in [0.4, 0.5) is 0 Å². The molecular weight excluding hydrogens is 328 g/mol. The zero-order chi connectivity index (χ0) is 18.7. The maximum atomic E-state index is 11.8. The Morgan fingerprint density at radius 1 is 1.31 bits per heavy atom. The average Bonchev–Trinajstić information content (AvgIpc) is 2.88. The second-order valence-electron chi connectivity index (χ2n) is 9.00. The molecule has 0 radical (unpaired) electrons. The second-order valence-corrected chi connectivity index (χ2v) is 9.00. The van der Waals surface area contributed by atoms with Gasteiger partial charge in [0.05, 0.1) is 6.10 Å². The van der Waals surface area contributed by atoms with Crippen LogP contribution in [-0.2, 0) is 14.3 Å². The molecule has 4 nitrogen and oxygen atoms in total. The first-order valence-corrected chi connectivity index (χ1v) is 9.91. The van der Waals surface area contributed by atoms with Crippen LogP contribution in [0.25, 0.3) is 0 Å². The van der Waals surface area contributed by atoms with Gasteiger partial charge in [0.1, 0.15) is 0 Å². The number of hydrogen-bond donors (Lipinski definition) is 1. The van der Waals surface area contributed by atoms with Crippen LogP contribution in [-0.4, -0.2) is 28.6 Å². The molecule has 3 saturated carbocycles. The van der Waals surface area contributed by atoms with E-state index in [1.807, 2.05) is 0 Å². The fourth-order valence-electron chi connectivity index (χ4n) is 6.86. The van der Waals surface area contributed by atoms with E-state index in [0.29, 0.717) is 42.9 Å². The summed E-state index contributed by atoms with van der Waals surface area (Å²) < 4.78 is 5.75. The zero-order valence-electron chi connectivity index (χ0n) is 15.7. The number of carbonyl (C=O) groups is 2. The van der Waals surface area contributed by atoms with Gasteiger partial charge in [-0.15, -0.1) is 6.42 Å². The number of terminal acetylenes is 1. The normalized spacial score (nSPS) is 47.1. The van der Waals surface area contributed by atoms with Gasteiger partial charge >= 0.3 is 5.97 Å². The Balaban J connectivity index is 1.68. The number of aliphatic hydroxyl groups is 1. The summed E-state index contributed by atoms with van der Waals surface area (Å²) in [5.41, 5.74) is -0.0924. The van der Waals surface area contributed by atoms with Crippen LogP contribution in [0.15, 0.2) is 11.6 Å². The van der Waals surface area contributed by atoms with Crippen LogP contribution >= 0.6 is 0 Å². The SMILES string of the molecule is C#C[C@]1(OC(C)=O)CC[C@@H]2[C@@H]3C[C@@H](O)C4=CC(=O)CC[C@@H]4[C@H]3CC[C@@]21C. The van der Waals surface area contributed by atoms with Crippen molar-refractivity contribution in [3.63, 3.8) is 0 Å². The van der Waals surface area contributed by atoms with E-state index in [9.17, 15) is 14.7 Å². The van der Waals surface area contributed by atoms with Gasteiger partial charge in [-0.2, -0.15) is 0 Å². The molecule has 1 N–H and O–H groups in total. The van der Waals surface area contributed by atoms with Crippen molar-refractivity contribution in [3.05, 3.63) is 11.6 Å². The molecule has 4 rings (SSSR count). The zero-order valence-corrected chi connectivity index (χ0v) is 15.7. The number of carbonyl (C=O) groups excluding carboxylic acids is 2. The minimum Gasteiger partial charge on any atom is -0.445 e. The fourth-order valence-corrected chi connectivity index (χ4v) is 6.86. The predicted molar refractivity (Wildman–Crippen MR) is 96.8 cm³/mol. The molecule has 140 valence electrons. The van der Waals surface area contributed by atoms with Gasteiger partial charge in [0.25, 0.3) is 0 Å². The number of esters is 1. The van der Waals surface area contributed by atoms with Crippen LogP contribution in [0, 0.1) is 41.4 Å². The van der Waals surface area contributed by atoms with Gasteiger partial charge < -0.3 is 9.84 Å². The Morgan fingerprint density at radius 2 is 2.08 bits per heavy atom. The van der Waals surface area contributed by atoms with Crippen molar-refractivity contribution >= 4 is 11.8 Å². The number of ether oxygens (including phenoxy) is 1. The predicted octanol–water partition coefficient (Wildman–Crippen LogP) is 3.03. The summed E-state index contributed by atoms with van der Waals surface area (Å²) in [5.74, 6) is 4.25. The van der Waals surface area contributed by atoms with Crippen LogP contribution in [0.5, 0.6) is 0 Å². The highest BCUT2D eigenvalue weighted by atomic mass is 16.6. The molecule has 0 aromatic carbocycles. The molecule has 0 heterocycles. The smallest absolute Gasteiger partial charge is 0.304 e. The van der Waals surface area contributed by atoms with Gasteiger partial charge in [0.2, 0.25) is 0 Å². The van der Waals surface area contributed by atoms with Crippen LogP contribution < -0.4 is 0 Å². The number of hydrogen-bond acceptors (Lipinski definition) is 4. The summed E-state index contributed by atoms with van der Waals surface area (Å²) in [7, 11) is 0. The third-order valence-electron chi connectivity index (χ3n) is 8.02. The highest BCUT2D eigenvalue weighted by Gasteiger charge is 2.64. The second kappa shape index (κ2) is 5.96. The van der Waals surface area contributed by atoms with E-state index in [0.717, 1.165) is 31.3 Å². The molecule has 0 amide bonds. The topological polar surface area (TPSA) is 63.6 Å². The van der Waals surface area contributed by atoms with E-state index >= 15 is 0 Å². The monoisotopic (exact) mass is 356 g/mol. The maximum absolute atomic E-state index is 11.8. The number of rotatable bonds is 1. The Bertz CT molecular complexity index is 716. The molecule has 4 aliphatic rings. The summed E-state index contributed by atoms with van der Waals surface area (Å²) in [6.07, 6.45) is 12.8. The summed E-state index contributed by atoms with van der Waals surface area (Å²) in [4.78, 5) is 23.6. The molecule has 4 aliphatic carbocycles. The number of fused-ring (bicyclic) bond motifs is 5. The lowest BCUT2D eigenvalue weighted by Crippen LogP contribution is -2.55. The Labute approximate surface area is 155 Å². The first-order valence-electron chi connectivity index (χ1n) is 9.91. The molecular formula is C22H28O4. The minimum atomic E-state index is -0.821. The number of aliphatic hydroxyl groups excluding tert-OH is 1. The van der Waals surface area contributed by atoms with Gasteiger partial charge in [0, 0.05) is 18.8 Å². The molecule has 3 fully saturated rings. The quantitative estimate of drug-likeness (QED) is 0.579. The average molecular weight is 356 g/mol. The van der Waals surface area contributed by atoms with Crippen molar-refractivity contribution in [1.29, 1.82) is 0 Å². The van der Waals surface area contributed by atoms with E-state index in [1.165, 1.54) is 6.92 Å². The maximum Gasteiger partial charge on any atom is 0.304 e. The molecule has 7 atom stereocenters. The third kappa shape index (κ3) is 2.33. The summed E-state index contributed by atoms with van der Waals surface area (Å²) in [6.45, 7) is 3.62. The van der Waals surface area contributed by atoms with Crippen molar-refractivity contribution in [2.24, 2.45) is 29.1 Å². The van der Waals surface area contributed by atoms with E-state index in [4.69, 9.17) is 11.2 Å². The van der Waals surface area contributed by atoms with E-state index in [1.54, 1.807) is 6.08 Å². The van der Waals surface area contributed by atoms with Crippen molar-refractivity contribution < 1.29 is 19.4 Å². The van der Waals surface area contributed by atoms with E-state index in [2.05, 4.69) is 12.8 Å². The van der Waals surface area contributed by atoms with Crippen LogP contribution in [0.1, 0.15) is 58.8 Å². The Hall–Kier alpha value is -1.60. The number of ketones is 1. The molecule has 0 bridgehead atoms. The van der Waals surface area contributed by atoms with E-state index < -0.39 is 11.7 Å². The van der Waals surface area contributed by atoms with Crippen LogP contribution in [0.2, 0.25) is 0 Å². The molecule has 26 heavy (non-hydrogen) atoms. The van der Waals surface area contributed by atoms with E-state index in [-0.39, 0.29) is 17.2 Å². The molecule has 0 aromatic rings. The van der Waals surface area contributed by atoms with Gasteiger partial charge in [-0.1, -0.05) is 12.8 Å². The third-order valence-corrected chi connectivity index (χ3v) is 8.02. The summed E-state index contributed by atoms with van der Waals surface area (Å²) in [6, 6.07) is 0. The summed E-state index contributed by atoms with van der Waals surface area (Å²) >= 11 is 0. The molecule has 0 unspecified atom stereocenters. The highest BCUT2D eigenvalue weighted by molar-refractivity contribution is 5.91. The van der Waals surface area contributed by atoms with Gasteiger partial charge in [-0.25, -0.2) is 0 Å². The minimum absolute atomic E-state index is 0.150. The summed E-state index contributed by atoms with van der Waals surface area (Å²) in [5, 5.41) is 10.8. The Kier molecular flexibility index (Phi) is 4.08. The van der Waals surface area contributed by atoms with Crippen molar-refractivity contribution in [2.45, 2.75) is 70.5 Å². The van der Waals surface area contributed by atoms with Gasteiger partial charge in [-0.05, 0) is 73.8 Å². The lowest BCUT2D eigenvalue weighted by molar-refractivity contribution is -0.168. The fraction of sp³-hybridized carbons (Fsp3) is 0.727. The largest absolute Gasteiger partial charge is 0.445 e. The van der Waals surface area contributed by atoms with Gasteiger partial charge in [0.15, 0.2) is 11.4 Å². The molecule has 0 aromatic heterocycles. The first-order chi connectivity index (χ1) is 12.3.